The first-order chi connectivity index (χ1) is 16.4. The van der Waals surface area contributed by atoms with E-state index in [9.17, 15) is 9.59 Å². The van der Waals surface area contributed by atoms with E-state index in [2.05, 4.69) is 0 Å². The molecule has 180 valence electrons. The Bertz CT molecular complexity index is 1050. The van der Waals surface area contributed by atoms with Crippen LogP contribution < -0.4 is 14.2 Å². The highest BCUT2D eigenvalue weighted by Gasteiger charge is 2.35. The van der Waals surface area contributed by atoms with Crippen LogP contribution in [-0.4, -0.2) is 51.9 Å². The Morgan fingerprint density at radius 2 is 1.41 bits per heavy atom. The minimum atomic E-state index is -0.655. The molecule has 8 heteroatoms. The predicted octanol–water partition coefficient (Wildman–Crippen LogP) is 3.82. The SMILES string of the molecule is CCOc1ccc(C2C(C(=O)OC)=CN(Cc3ccc(OC)c(OC)c3)C=C2C(=O)OC)cc1. The second kappa shape index (κ2) is 11.3. The number of hydrogen-bond donors (Lipinski definition) is 0. The predicted molar refractivity (Wildman–Crippen MR) is 126 cm³/mol. The lowest BCUT2D eigenvalue weighted by atomic mass is 9.83. The van der Waals surface area contributed by atoms with E-state index in [1.807, 2.05) is 31.2 Å². The van der Waals surface area contributed by atoms with Gasteiger partial charge >= 0.3 is 11.9 Å². The third-order valence-corrected chi connectivity index (χ3v) is 5.41. The molecule has 0 aliphatic carbocycles. The Hall–Kier alpha value is -3.94. The molecule has 1 aliphatic heterocycles. The van der Waals surface area contributed by atoms with Crippen LogP contribution in [0.3, 0.4) is 0 Å². The molecule has 0 amide bonds. The Labute approximate surface area is 199 Å². The maximum absolute atomic E-state index is 12.8. The minimum Gasteiger partial charge on any atom is -0.494 e. The molecule has 3 rings (SSSR count). The van der Waals surface area contributed by atoms with E-state index in [0.29, 0.717) is 41.5 Å². The molecule has 0 saturated heterocycles. The zero-order valence-electron chi connectivity index (χ0n) is 20.0. The summed E-state index contributed by atoms with van der Waals surface area (Å²) < 4.78 is 26.3. The highest BCUT2D eigenvalue weighted by Crippen LogP contribution is 2.38. The van der Waals surface area contributed by atoms with Gasteiger partial charge in [-0.05, 0) is 42.3 Å². The van der Waals surface area contributed by atoms with Crippen molar-refractivity contribution in [1.29, 1.82) is 0 Å². The standard InChI is InChI=1S/C26H29NO7/c1-6-34-19-10-8-18(9-11-19)24-20(25(28)32-4)15-27(16-21(24)26(29)33-5)14-17-7-12-22(30-2)23(13-17)31-3/h7-13,15-16,24H,6,14H2,1-5H3. The molecule has 0 N–H and O–H groups in total. The van der Waals surface area contributed by atoms with Crippen LogP contribution in [0.15, 0.2) is 66.0 Å². The summed E-state index contributed by atoms with van der Waals surface area (Å²) in [6.45, 7) is 2.81. The van der Waals surface area contributed by atoms with Gasteiger partial charge in [0.1, 0.15) is 5.75 Å². The highest BCUT2D eigenvalue weighted by molar-refractivity contribution is 5.98. The molecule has 0 spiro atoms. The number of carbonyl (C=O) groups is 2. The van der Waals surface area contributed by atoms with Crippen molar-refractivity contribution in [1.82, 2.24) is 4.90 Å². The van der Waals surface area contributed by atoms with Crippen LogP contribution in [-0.2, 0) is 25.6 Å². The highest BCUT2D eigenvalue weighted by atomic mass is 16.5. The molecular formula is C26H29NO7. The van der Waals surface area contributed by atoms with Gasteiger partial charge in [0.25, 0.3) is 0 Å². The van der Waals surface area contributed by atoms with E-state index in [0.717, 1.165) is 11.1 Å². The van der Waals surface area contributed by atoms with Crippen molar-refractivity contribution in [3.8, 4) is 17.2 Å². The molecule has 0 atom stereocenters. The van der Waals surface area contributed by atoms with Gasteiger partial charge in [-0.3, -0.25) is 0 Å². The van der Waals surface area contributed by atoms with Crippen LogP contribution in [0.5, 0.6) is 17.2 Å². The van der Waals surface area contributed by atoms with Crippen molar-refractivity contribution in [2.45, 2.75) is 19.4 Å². The summed E-state index contributed by atoms with van der Waals surface area (Å²) in [5.74, 6) is 0.161. The Morgan fingerprint density at radius 1 is 0.824 bits per heavy atom. The first kappa shape index (κ1) is 24.7. The van der Waals surface area contributed by atoms with Gasteiger partial charge in [-0.15, -0.1) is 0 Å². The molecule has 0 aromatic heterocycles. The lowest BCUT2D eigenvalue weighted by molar-refractivity contribution is -0.137. The summed E-state index contributed by atoms with van der Waals surface area (Å²) in [4.78, 5) is 27.4. The number of ether oxygens (including phenoxy) is 5. The first-order valence-corrected chi connectivity index (χ1v) is 10.7. The number of nitrogens with zero attached hydrogens (tertiary/aromatic N) is 1. The van der Waals surface area contributed by atoms with E-state index >= 15 is 0 Å². The second-order valence-corrected chi connectivity index (χ2v) is 7.45. The van der Waals surface area contributed by atoms with Gasteiger partial charge in [-0.1, -0.05) is 18.2 Å². The molecule has 0 unspecified atom stereocenters. The van der Waals surface area contributed by atoms with Crippen LogP contribution >= 0.6 is 0 Å². The third-order valence-electron chi connectivity index (χ3n) is 5.41. The summed E-state index contributed by atoms with van der Waals surface area (Å²) in [6, 6.07) is 12.8. The van der Waals surface area contributed by atoms with E-state index in [-0.39, 0.29) is 0 Å². The summed E-state index contributed by atoms with van der Waals surface area (Å²) in [6.07, 6.45) is 3.38. The van der Waals surface area contributed by atoms with Crippen LogP contribution in [0, 0.1) is 0 Å². The van der Waals surface area contributed by atoms with E-state index in [1.165, 1.54) is 14.2 Å². The van der Waals surface area contributed by atoms with Crippen molar-refractivity contribution in [3.05, 3.63) is 77.1 Å². The molecule has 0 bridgehead atoms. The molecule has 0 fully saturated rings. The van der Waals surface area contributed by atoms with E-state index in [1.54, 1.807) is 49.7 Å². The molecule has 8 nitrogen and oxygen atoms in total. The van der Waals surface area contributed by atoms with Gasteiger partial charge in [-0.25, -0.2) is 9.59 Å². The molecule has 1 aliphatic rings. The zero-order chi connectivity index (χ0) is 24.7. The van der Waals surface area contributed by atoms with E-state index < -0.39 is 17.9 Å². The van der Waals surface area contributed by atoms with Gasteiger partial charge in [0.15, 0.2) is 11.5 Å². The van der Waals surface area contributed by atoms with Crippen molar-refractivity contribution < 1.29 is 33.3 Å². The number of carbonyl (C=O) groups excluding carboxylic acids is 2. The lowest BCUT2D eigenvalue weighted by Gasteiger charge is -2.30. The quantitative estimate of drug-likeness (QED) is 0.515. The number of esters is 2. The van der Waals surface area contributed by atoms with Crippen molar-refractivity contribution in [2.75, 3.05) is 35.0 Å². The normalized spacial score (nSPS) is 13.5. The number of benzene rings is 2. The average molecular weight is 468 g/mol. The molecule has 1 heterocycles. The number of hydrogen-bond acceptors (Lipinski definition) is 8. The van der Waals surface area contributed by atoms with Gasteiger partial charge in [0, 0.05) is 18.9 Å². The van der Waals surface area contributed by atoms with Crippen molar-refractivity contribution in [2.24, 2.45) is 0 Å². The lowest BCUT2D eigenvalue weighted by Crippen LogP contribution is -2.28. The molecule has 2 aromatic carbocycles. The minimum absolute atomic E-state index is 0.315. The fraction of sp³-hybridized carbons (Fsp3) is 0.308. The topological polar surface area (TPSA) is 83.5 Å². The van der Waals surface area contributed by atoms with Gasteiger partial charge in [0.05, 0.1) is 52.1 Å². The molecule has 34 heavy (non-hydrogen) atoms. The monoisotopic (exact) mass is 467 g/mol. The molecular weight excluding hydrogens is 438 g/mol. The van der Waals surface area contributed by atoms with Crippen molar-refractivity contribution >= 4 is 11.9 Å². The fourth-order valence-corrected chi connectivity index (χ4v) is 3.85. The summed E-state index contributed by atoms with van der Waals surface area (Å²) in [5.41, 5.74) is 2.26. The Balaban J connectivity index is 2.03. The van der Waals surface area contributed by atoms with Crippen molar-refractivity contribution in [3.63, 3.8) is 0 Å². The second-order valence-electron chi connectivity index (χ2n) is 7.45. The van der Waals surface area contributed by atoms with Gasteiger partial charge in [-0.2, -0.15) is 0 Å². The molecule has 0 radical (unpaired) electrons. The first-order valence-electron chi connectivity index (χ1n) is 10.7. The Kier molecular flexibility index (Phi) is 8.19. The largest absolute Gasteiger partial charge is 0.494 e. The van der Waals surface area contributed by atoms with E-state index in [4.69, 9.17) is 23.7 Å². The Morgan fingerprint density at radius 3 is 1.91 bits per heavy atom. The zero-order valence-corrected chi connectivity index (χ0v) is 20.0. The maximum atomic E-state index is 12.8. The fourth-order valence-electron chi connectivity index (χ4n) is 3.85. The van der Waals surface area contributed by atoms with Gasteiger partial charge in [0.2, 0.25) is 0 Å². The van der Waals surface area contributed by atoms with Crippen LogP contribution in [0.2, 0.25) is 0 Å². The molecule has 2 aromatic rings. The third kappa shape index (κ3) is 5.33. The maximum Gasteiger partial charge on any atom is 0.336 e. The summed E-state index contributed by atoms with van der Waals surface area (Å²) in [5, 5.41) is 0. The van der Waals surface area contributed by atoms with Crippen LogP contribution in [0.1, 0.15) is 24.0 Å². The number of rotatable bonds is 9. The smallest absolute Gasteiger partial charge is 0.336 e. The van der Waals surface area contributed by atoms with Gasteiger partial charge < -0.3 is 28.6 Å². The number of methoxy groups -OCH3 is 4. The average Bonchev–Trinajstić information content (AvgIpc) is 2.87. The summed E-state index contributed by atoms with van der Waals surface area (Å²) in [7, 11) is 5.76. The van der Waals surface area contributed by atoms with Crippen LogP contribution in [0.4, 0.5) is 0 Å². The summed E-state index contributed by atoms with van der Waals surface area (Å²) >= 11 is 0. The molecule has 0 saturated carbocycles. The van der Waals surface area contributed by atoms with Crippen LogP contribution in [0.25, 0.3) is 0 Å².